The molecule has 0 saturated heterocycles. The lowest BCUT2D eigenvalue weighted by molar-refractivity contribution is 0.0697. The van der Waals surface area contributed by atoms with Crippen molar-refractivity contribution in [3.63, 3.8) is 0 Å². The van der Waals surface area contributed by atoms with Crippen molar-refractivity contribution >= 4 is 23.1 Å². The molecule has 2 aromatic rings. The smallest absolute Gasteiger partial charge is 0.336 e. The minimum atomic E-state index is -0.985. The summed E-state index contributed by atoms with van der Waals surface area (Å²) in [5, 5.41) is 10.9. The largest absolute Gasteiger partial charge is 0.478 e. The van der Waals surface area contributed by atoms with Crippen LogP contribution in [0.15, 0.2) is 35.7 Å². The summed E-state index contributed by atoms with van der Waals surface area (Å²) in [6, 6.07) is 8.48. The van der Waals surface area contributed by atoms with Gasteiger partial charge in [0.15, 0.2) is 5.78 Å². The second kappa shape index (κ2) is 4.51. The molecule has 3 nitrogen and oxygen atoms in total. The molecule has 0 atom stereocenters. The van der Waals surface area contributed by atoms with Gasteiger partial charge in [-0.25, -0.2) is 4.79 Å². The first-order valence-corrected chi connectivity index (χ1v) is 5.90. The molecule has 0 bridgehead atoms. The molecule has 17 heavy (non-hydrogen) atoms. The van der Waals surface area contributed by atoms with Crippen LogP contribution in [0.2, 0.25) is 0 Å². The summed E-state index contributed by atoms with van der Waals surface area (Å²) in [5.74, 6) is -1.03. The molecule has 0 aliphatic heterocycles. The van der Waals surface area contributed by atoms with Crippen LogP contribution in [0.4, 0.5) is 0 Å². The van der Waals surface area contributed by atoms with Crippen LogP contribution >= 0.6 is 11.3 Å². The number of ketones is 1. The van der Waals surface area contributed by atoms with Crippen LogP contribution < -0.4 is 0 Å². The van der Waals surface area contributed by atoms with E-state index in [0.717, 1.165) is 0 Å². The quantitative estimate of drug-likeness (QED) is 0.845. The Morgan fingerprint density at radius 2 is 1.82 bits per heavy atom. The van der Waals surface area contributed by atoms with Crippen LogP contribution in [-0.4, -0.2) is 16.9 Å². The summed E-state index contributed by atoms with van der Waals surface area (Å²) in [4.78, 5) is 23.2. The summed E-state index contributed by atoms with van der Waals surface area (Å²) >= 11 is 1.33. The van der Waals surface area contributed by atoms with Crippen LogP contribution in [0.3, 0.4) is 0 Å². The third kappa shape index (κ3) is 2.12. The monoisotopic (exact) mass is 246 g/mol. The molecule has 0 aliphatic rings. The third-order valence-corrected chi connectivity index (χ3v) is 3.45. The van der Waals surface area contributed by atoms with Crippen molar-refractivity contribution in [2.45, 2.75) is 6.92 Å². The Bertz CT molecular complexity index is 584. The van der Waals surface area contributed by atoms with Gasteiger partial charge in [0, 0.05) is 5.56 Å². The van der Waals surface area contributed by atoms with E-state index in [1.807, 2.05) is 0 Å². The van der Waals surface area contributed by atoms with Crippen LogP contribution in [0, 0.1) is 0 Å². The highest BCUT2D eigenvalue weighted by Crippen LogP contribution is 2.31. The number of carboxylic acid groups (broad SMARTS) is 1. The van der Waals surface area contributed by atoms with Crippen molar-refractivity contribution in [2.75, 3.05) is 0 Å². The van der Waals surface area contributed by atoms with Gasteiger partial charge in [-0.15, -0.1) is 11.3 Å². The Morgan fingerprint density at radius 1 is 1.12 bits per heavy atom. The van der Waals surface area contributed by atoms with E-state index in [0.29, 0.717) is 16.0 Å². The van der Waals surface area contributed by atoms with Gasteiger partial charge in [0.05, 0.1) is 10.4 Å². The van der Waals surface area contributed by atoms with Gasteiger partial charge in [0.25, 0.3) is 0 Å². The second-order valence-corrected chi connectivity index (χ2v) is 4.49. The summed E-state index contributed by atoms with van der Waals surface area (Å²) in [5.41, 5.74) is 1.50. The van der Waals surface area contributed by atoms with E-state index in [1.165, 1.54) is 18.3 Å². The lowest BCUT2D eigenvalue weighted by atomic mass is 9.99. The predicted molar refractivity (Wildman–Crippen MR) is 66.7 cm³/mol. The summed E-state index contributed by atoms with van der Waals surface area (Å²) in [6.07, 6.45) is 0. The predicted octanol–water partition coefficient (Wildman–Crippen LogP) is 3.32. The maximum atomic E-state index is 11.4. The summed E-state index contributed by atoms with van der Waals surface area (Å²) in [7, 11) is 0. The fraction of sp³-hybridized carbons (Fsp3) is 0.0769. The number of benzene rings is 1. The molecule has 0 aliphatic carbocycles. The summed E-state index contributed by atoms with van der Waals surface area (Å²) < 4.78 is 0. The van der Waals surface area contributed by atoms with E-state index in [-0.39, 0.29) is 11.3 Å². The number of hydrogen-bond donors (Lipinski definition) is 1. The average Bonchev–Trinajstić information content (AvgIpc) is 2.77. The van der Waals surface area contributed by atoms with Gasteiger partial charge in [-0.05, 0) is 30.0 Å². The van der Waals surface area contributed by atoms with Crippen LogP contribution in [-0.2, 0) is 0 Å². The van der Waals surface area contributed by atoms with Gasteiger partial charge in [0.2, 0.25) is 0 Å². The molecule has 0 radical (unpaired) electrons. The van der Waals surface area contributed by atoms with Crippen molar-refractivity contribution < 1.29 is 14.7 Å². The second-order valence-electron chi connectivity index (χ2n) is 3.57. The molecule has 86 valence electrons. The van der Waals surface area contributed by atoms with Crippen molar-refractivity contribution in [2.24, 2.45) is 0 Å². The zero-order valence-electron chi connectivity index (χ0n) is 9.14. The summed E-state index contributed by atoms with van der Waals surface area (Å²) in [6.45, 7) is 1.48. The van der Waals surface area contributed by atoms with Gasteiger partial charge < -0.3 is 5.11 Å². The molecule has 1 N–H and O–H groups in total. The van der Waals surface area contributed by atoms with Crippen molar-refractivity contribution in [1.29, 1.82) is 0 Å². The highest BCUT2D eigenvalue weighted by molar-refractivity contribution is 7.12. The maximum absolute atomic E-state index is 11.4. The lowest BCUT2D eigenvalue weighted by Crippen LogP contribution is -2.00. The Morgan fingerprint density at radius 3 is 2.47 bits per heavy atom. The van der Waals surface area contributed by atoms with Gasteiger partial charge in [-0.2, -0.15) is 0 Å². The highest BCUT2D eigenvalue weighted by atomic mass is 32.1. The van der Waals surface area contributed by atoms with E-state index in [2.05, 4.69) is 0 Å². The molecule has 4 heteroatoms. The topological polar surface area (TPSA) is 54.4 Å². The van der Waals surface area contributed by atoms with Gasteiger partial charge >= 0.3 is 5.97 Å². The Hall–Kier alpha value is -1.94. The Kier molecular flexibility index (Phi) is 3.06. The zero-order valence-corrected chi connectivity index (χ0v) is 9.95. The number of rotatable bonds is 3. The van der Waals surface area contributed by atoms with E-state index in [1.54, 1.807) is 35.7 Å². The average molecular weight is 246 g/mol. The molecule has 0 amide bonds. The molecule has 1 aromatic heterocycles. The maximum Gasteiger partial charge on any atom is 0.336 e. The molecule has 0 unspecified atom stereocenters. The standard InChI is InChI=1S/C13H10O3S/c1-8(14)12-10(6-7-17-12)9-4-2-3-5-11(9)13(15)16/h2-7H,1H3,(H,15,16). The normalized spacial score (nSPS) is 10.2. The number of aromatic carboxylic acids is 1. The van der Waals surface area contributed by atoms with Crippen molar-refractivity contribution in [1.82, 2.24) is 0 Å². The number of hydrogen-bond acceptors (Lipinski definition) is 3. The number of carboxylic acids is 1. The molecular formula is C13H10O3S. The molecule has 2 rings (SSSR count). The lowest BCUT2D eigenvalue weighted by Gasteiger charge is -2.05. The fourth-order valence-corrected chi connectivity index (χ4v) is 2.51. The molecule has 0 fully saturated rings. The fourth-order valence-electron chi connectivity index (χ4n) is 1.70. The first-order chi connectivity index (χ1) is 8.11. The Labute approximate surface area is 102 Å². The molecule has 1 heterocycles. The number of thiophene rings is 1. The number of Topliss-reactive ketones (excluding diaryl/α,β-unsaturated/α-hetero) is 1. The third-order valence-electron chi connectivity index (χ3n) is 2.43. The van der Waals surface area contributed by atoms with E-state index in [4.69, 9.17) is 5.11 Å². The van der Waals surface area contributed by atoms with Crippen LogP contribution in [0.25, 0.3) is 11.1 Å². The zero-order chi connectivity index (χ0) is 12.4. The molecular weight excluding hydrogens is 236 g/mol. The number of carbonyl (C=O) groups is 2. The SMILES string of the molecule is CC(=O)c1sccc1-c1ccccc1C(=O)O. The molecule has 0 spiro atoms. The molecule has 1 aromatic carbocycles. The van der Waals surface area contributed by atoms with E-state index < -0.39 is 5.97 Å². The first-order valence-electron chi connectivity index (χ1n) is 5.02. The van der Waals surface area contributed by atoms with Gasteiger partial charge in [-0.3, -0.25) is 4.79 Å². The molecule has 0 saturated carbocycles. The number of carbonyl (C=O) groups excluding carboxylic acids is 1. The van der Waals surface area contributed by atoms with Crippen molar-refractivity contribution in [3.05, 3.63) is 46.2 Å². The van der Waals surface area contributed by atoms with Crippen molar-refractivity contribution in [3.8, 4) is 11.1 Å². The minimum absolute atomic E-state index is 0.0461. The van der Waals surface area contributed by atoms with Crippen LogP contribution in [0.1, 0.15) is 27.0 Å². The Balaban J connectivity index is 2.64. The van der Waals surface area contributed by atoms with E-state index >= 15 is 0 Å². The van der Waals surface area contributed by atoms with Gasteiger partial charge in [0.1, 0.15) is 0 Å². The van der Waals surface area contributed by atoms with Gasteiger partial charge in [-0.1, -0.05) is 18.2 Å². The first kappa shape index (κ1) is 11.5. The van der Waals surface area contributed by atoms with E-state index in [9.17, 15) is 9.59 Å². The highest BCUT2D eigenvalue weighted by Gasteiger charge is 2.16. The minimum Gasteiger partial charge on any atom is -0.478 e. The van der Waals surface area contributed by atoms with Crippen LogP contribution in [0.5, 0.6) is 0 Å².